The van der Waals surface area contributed by atoms with Crippen LogP contribution in [-0.2, 0) is 0 Å². The average Bonchev–Trinajstić information content (AvgIpc) is 2.79. The number of hydrogen-bond acceptors (Lipinski definition) is 6. The Morgan fingerprint density at radius 3 is 2.35 bits per heavy atom. The number of hydrogen-bond donors (Lipinski definition) is 3. The van der Waals surface area contributed by atoms with E-state index in [-0.39, 0.29) is 11.6 Å². The molecule has 3 rings (SSSR count). The molecule has 160 valence electrons. The van der Waals surface area contributed by atoms with Crippen LogP contribution >= 0.6 is 0 Å². The van der Waals surface area contributed by atoms with E-state index < -0.39 is 5.91 Å². The molecule has 0 bridgehead atoms. The summed E-state index contributed by atoms with van der Waals surface area (Å²) in [6.45, 7) is 1.48. The molecule has 8 heteroatoms. The van der Waals surface area contributed by atoms with E-state index in [4.69, 9.17) is 0 Å². The second-order valence-electron chi connectivity index (χ2n) is 7.14. The highest BCUT2D eigenvalue weighted by Crippen LogP contribution is 2.20. The topological polar surface area (TPSA) is 99.2 Å². The SMILES string of the molecule is CNC(=O)c1ccccc1NC(=O)c1cc(NCCN(C)C)nc(-c2ccccc2)n1. The van der Waals surface area contributed by atoms with Gasteiger partial charge in [-0.25, -0.2) is 9.97 Å². The summed E-state index contributed by atoms with van der Waals surface area (Å²) in [6, 6.07) is 17.9. The molecule has 0 aliphatic rings. The zero-order valence-corrected chi connectivity index (χ0v) is 17.8. The first-order valence-corrected chi connectivity index (χ1v) is 9.93. The summed E-state index contributed by atoms with van der Waals surface area (Å²) >= 11 is 0. The van der Waals surface area contributed by atoms with Gasteiger partial charge in [-0.1, -0.05) is 42.5 Å². The van der Waals surface area contributed by atoms with Gasteiger partial charge in [0.15, 0.2) is 5.82 Å². The molecule has 3 aromatic rings. The zero-order valence-electron chi connectivity index (χ0n) is 17.8. The molecule has 2 amide bonds. The number of aromatic nitrogens is 2. The Kier molecular flexibility index (Phi) is 7.29. The Bertz CT molecular complexity index is 1050. The van der Waals surface area contributed by atoms with Crippen LogP contribution in [0.2, 0.25) is 0 Å². The predicted octanol–water partition coefficient (Wildman–Crippen LogP) is 2.73. The maximum atomic E-state index is 13.0. The number of carbonyl (C=O) groups excluding carboxylic acids is 2. The number of benzene rings is 2. The molecule has 2 aromatic carbocycles. The number of carbonyl (C=O) groups is 2. The van der Waals surface area contributed by atoms with E-state index in [9.17, 15) is 9.59 Å². The van der Waals surface area contributed by atoms with Crippen LogP contribution in [0.5, 0.6) is 0 Å². The van der Waals surface area contributed by atoms with Gasteiger partial charge >= 0.3 is 0 Å². The summed E-state index contributed by atoms with van der Waals surface area (Å²) in [6.07, 6.45) is 0. The lowest BCUT2D eigenvalue weighted by Crippen LogP contribution is -2.23. The Labute approximate surface area is 181 Å². The second-order valence-corrected chi connectivity index (χ2v) is 7.14. The van der Waals surface area contributed by atoms with Gasteiger partial charge in [-0.3, -0.25) is 9.59 Å². The molecule has 8 nitrogen and oxygen atoms in total. The molecule has 0 saturated carbocycles. The molecule has 0 fully saturated rings. The molecule has 0 unspecified atom stereocenters. The number of amides is 2. The number of nitrogens with one attached hydrogen (secondary N) is 3. The van der Waals surface area contributed by atoms with Crippen molar-refractivity contribution in [1.29, 1.82) is 0 Å². The molecule has 1 aromatic heterocycles. The number of anilines is 2. The third-order valence-electron chi connectivity index (χ3n) is 4.50. The zero-order chi connectivity index (χ0) is 22.2. The number of rotatable bonds is 8. The lowest BCUT2D eigenvalue weighted by Gasteiger charge is -2.13. The van der Waals surface area contributed by atoms with Crippen molar-refractivity contribution in [2.45, 2.75) is 0 Å². The van der Waals surface area contributed by atoms with Crippen molar-refractivity contribution in [2.75, 3.05) is 44.9 Å². The third kappa shape index (κ3) is 5.86. The van der Waals surface area contributed by atoms with Gasteiger partial charge in [0.05, 0.1) is 11.3 Å². The monoisotopic (exact) mass is 418 g/mol. The van der Waals surface area contributed by atoms with E-state index in [0.29, 0.717) is 29.4 Å². The summed E-state index contributed by atoms with van der Waals surface area (Å²) in [5.74, 6) is 0.293. The van der Waals surface area contributed by atoms with Crippen molar-refractivity contribution in [1.82, 2.24) is 20.2 Å². The maximum absolute atomic E-state index is 13.0. The minimum atomic E-state index is -0.424. The Hall–Kier alpha value is -3.78. The highest BCUT2D eigenvalue weighted by atomic mass is 16.2. The normalized spacial score (nSPS) is 10.6. The number of para-hydroxylation sites is 1. The lowest BCUT2D eigenvalue weighted by atomic mass is 10.1. The van der Waals surface area contributed by atoms with Crippen molar-refractivity contribution in [3.05, 3.63) is 71.9 Å². The van der Waals surface area contributed by atoms with Gasteiger partial charge in [-0.2, -0.15) is 0 Å². The first-order chi connectivity index (χ1) is 15.0. The average molecular weight is 419 g/mol. The maximum Gasteiger partial charge on any atom is 0.274 e. The van der Waals surface area contributed by atoms with E-state index in [0.717, 1.165) is 12.1 Å². The van der Waals surface area contributed by atoms with Crippen LogP contribution in [0.4, 0.5) is 11.5 Å². The summed E-state index contributed by atoms with van der Waals surface area (Å²) in [4.78, 5) is 36.2. The van der Waals surface area contributed by atoms with Crippen molar-refractivity contribution < 1.29 is 9.59 Å². The van der Waals surface area contributed by atoms with Crippen LogP contribution in [0.1, 0.15) is 20.8 Å². The van der Waals surface area contributed by atoms with Crippen molar-refractivity contribution in [3.8, 4) is 11.4 Å². The molecule has 0 aliphatic heterocycles. The van der Waals surface area contributed by atoms with E-state index in [1.165, 1.54) is 0 Å². The Morgan fingerprint density at radius 1 is 0.935 bits per heavy atom. The first kappa shape index (κ1) is 21.9. The van der Waals surface area contributed by atoms with Gasteiger partial charge in [0.1, 0.15) is 11.5 Å². The lowest BCUT2D eigenvalue weighted by molar-refractivity contribution is 0.0964. The highest BCUT2D eigenvalue weighted by Gasteiger charge is 2.16. The fraction of sp³-hybridized carbons (Fsp3) is 0.217. The molecular weight excluding hydrogens is 392 g/mol. The molecule has 1 heterocycles. The fourth-order valence-electron chi connectivity index (χ4n) is 2.89. The van der Waals surface area contributed by atoms with Crippen LogP contribution in [0.3, 0.4) is 0 Å². The van der Waals surface area contributed by atoms with Crippen LogP contribution in [-0.4, -0.2) is 60.9 Å². The molecule has 0 aliphatic carbocycles. The Balaban J connectivity index is 1.92. The second kappa shape index (κ2) is 10.3. The smallest absolute Gasteiger partial charge is 0.274 e. The molecule has 31 heavy (non-hydrogen) atoms. The van der Waals surface area contributed by atoms with Crippen LogP contribution in [0.15, 0.2) is 60.7 Å². The summed E-state index contributed by atoms with van der Waals surface area (Å²) in [5, 5.41) is 8.62. The van der Waals surface area contributed by atoms with Crippen LogP contribution in [0, 0.1) is 0 Å². The predicted molar refractivity (Wildman–Crippen MR) is 122 cm³/mol. The summed E-state index contributed by atoms with van der Waals surface area (Å²) in [5.41, 5.74) is 1.79. The summed E-state index contributed by atoms with van der Waals surface area (Å²) in [7, 11) is 5.52. The molecular formula is C23H26N6O2. The van der Waals surface area contributed by atoms with E-state index >= 15 is 0 Å². The fourth-order valence-corrected chi connectivity index (χ4v) is 2.89. The van der Waals surface area contributed by atoms with Crippen molar-refractivity contribution in [3.63, 3.8) is 0 Å². The molecule has 0 saturated heterocycles. The highest BCUT2D eigenvalue weighted by molar-refractivity contribution is 6.08. The molecule has 0 radical (unpaired) electrons. The van der Waals surface area contributed by atoms with E-state index in [2.05, 4.69) is 30.8 Å². The number of likely N-dealkylation sites (N-methyl/N-ethyl adjacent to an activating group) is 1. The van der Waals surface area contributed by atoms with Crippen molar-refractivity contribution in [2.24, 2.45) is 0 Å². The quantitative estimate of drug-likeness (QED) is 0.520. The minimum absolute atomic E-state index is 0.202. The first-order valence-electron chi connectivity index (χ1n) is 9.93. The molecule has 0 spiro atoms. The standard InChI is InChI=1S/C23H26N6O2/c1-24-22(30)17-11-7-8-12-18(17)27-23(31)19-15-20(25-13-14-29(2)3)28-21(26-19)16-9-5-4-6-10-16/h4-12,15H,13-14H2,1-3H3,(H,24,30)(H,27,31)(H,25,26,28). The van der Waals surface area contributed by atoms with Gasteiger partial charge in [-0.05, 0) is 26.2 Å². The van der Waals surface area contributed by atoms with Crippen molar-refractivity contribution >= 4 is 23.3 Å². The third-order valence-corrected chi connectivity index (χ3v) is 4.50. The van der Waals surface area contributed by atoms with Gasteiger partial charge < -0.3 is 20.9 Å². The van der Waals surface area contributed by atoms with E-state index in [1.807, 2.05) is 44.4 Å². The van der Waals surface area contributed by atoms with E-state index in [1.54, 1.807) is 37.4 Å². The largest absolute Gasteiger partial charge is 0.369 e. The molecule has 3 N–H and O–H groups in total. The molecule has 0 atom stereocenters. The Morgan fingerprint density at radius 2 is 1.65 bits per heavy atom. The van der Waals surface area contributed by atoms with Gasteiger partial charge in [-0.15, -0.1) is 0 Å². The van der Waals surface area contributed by atoms with Gasteiger partial charge in [0.2, 0.25) is 0 Å². The van der Waals surface area contributed by atoms with Gasteiger partial charge in [0.25, 0.3) is 11.8 Å². The summed E-state index contributed by atoms with van der Waals surface area (Å²) < 4.78 is 0. The van der Waals surface area contributed by atoms with Crippen LogP contribution in [0.25, 0.3) is 11.4 Å². The minimum Gasteiger partial charge on any atom is -0.369 e. The van der Waals surface area contributed by atoms with Crippen LogP contribution < -0.4 is 16.0 Å². The van der Waals surface area contributed by atoms with Gasteiger partial charge in [0, 0.05) is 31.8 Å². The number of nitrogens with zero attached hydrogens (tertiary/aromatic N) is 3.